The van der Waals surface area contributed by atoms with Gasteiger partial charge in [0, 0.05) is 10.9 Å². The number of amides is 2. The summed E-state index contributed by atoms with van der Waals surface area (Å²) in [7, 11) is 0. The van der Waals surface area contributed by atoms with Gasteiger partial charge in [-0.2, -0.15) is 0 Å². The molecule has 2 heterocycles. The van der Waals surface area contributed by atoms with Gasteiger partial charge >= 0.3 is 5.97 Å². The summed E-state index contributed by atoms with van der Waals surface area (Å²) in [5.41, 5.74) is 4.22. The molecule has 0 unspecified atom stereocenters. The van der Waals surface area contributed by atoms with Crippen molar-refractivity contribution < 1.29 is 19.1 Å². The molecule has 1 aliphatic rings. The van der Waals surface area contributed by atoms with E-state index >= 15 is 0 Å². The number of carbonyl (C=O) groups excluding carboxylic acids is 3. The fourth-order valence-corrected chi connectivity index (χ4v) is 3.77. The lowest BCUT2D eigenvalue weighted by atomic mass is 10.0. The summed E-state index contributed by atoms with van der Waals surface area (Å²) in [5, 5.41) is 0.635. The number of aryl methyl sites for hydroxylation is 1. The molecule has 5 rings (SSSR count). The lowest BCUT2D eigenvalue weighted by Crippen LogP contribution is -2.33. The van der Waals surface area contributed by atoms with Gasteiger partial charge in [-0.25, -0.2) is 14.7 Å². The molecule has 0 spiro atoms. The van der Waals surface area contributed by atoms with Crippen LogP contribution in [0, 0.1) is 6.92 Å². The molecule has 0 saturated heterocycles. The van der Waals surface area contributed by atoms with Crippen LogP contribution in [0.5, 0.6) is 0 Å². The first-order chi connectivity index (χ1) is 15.5. The van der Waals surface area contributed by atoms with Gasteiger partial charge in [-0.15, -0.1) is 0 Å². The van der Waals surface area contributed by atoms with Crippen molar-refractivity contribution in [3.63, 3.8) is 0 Å². The van der Waals surface area contributed by atoms with E-state index in [0.717, 1.165) is 16.0 Å². The Labute approximate surface area is 184 Å². The molecule has 6 nitrogen and oxygen atoms in total. The third kappa shape index (κ3) is 3.32. The predicted molar refractivity (Wildman–Crippen MR) is 119 cm³/mol. The number of pyridine rings is 1. The van der Waals surface area contributed by atoms with Crippen LogP contribution in [0.1, 0.15) is 36.6 Å². The van der Waals surface area contributed by atoms with E-state index in [4.69, 9.17) is 4.74 Å². The molecular formula is C26H18N2O4. The number of nitrogens with zero attached hydrogens (tertiary/aromatic N) is 2. The molecular weight excluding hydrogens is 404 g/mol. The van der Waals surface area contributed by atoms with Gasteiger partial charge in [0.15, 0.2) is 6.73 Å². The fraction of sp³-hybridized carbons (Fsp3) is 0.0769. The third-order valence-electron chi connectivity index (χ3n) is 5.49. The van der Waals surface area contributed by atoms with Crippen LogP contribution < -0.4 is 0 Å². The van der Waals surface area contributed by atoms with Crippen molar-refractivity contribution in [3.8, 4) is 11.3 Å². The first-order valence-corrected chi connectivity index (χ1v) is 10.1. The number of esters is 1. The number of ether oxygens (including phenoxy) is 1. The highest BCUT2D eigenvalue weighted by molar-refractivity contribution is 6.21. The van der Waals surface area contributed by atoms with E-state index in [-0.39, 0.29) is 0 Å². The number of fused-ring (bicyclic) bond motifs is 2. The second-order valence-corrected chi connectivity index (χ2v) is 7.58. The Hall–Kier alpha value is -4.32. The number of hydrogen-bond donors (Lipinski definition) is 0. The normalized spacial score (nSPS) is 12.8. The first-order valence-electron chi connectivity index (χ1n) is 10.1. The Bertz CT molecular complexity index is 1360. The van der Waals surface area contributed by atoms with Crippen LogP contribution in [0.4, 0.5) is 0 Å². The zero-order valence-corrected chi connectivity index (χ0v) is 17.2. The maximum Gasteiger partial charge on any atom is 0.340 e. The molecule has 1 aliphatic heterocycles. The maximum atomic E-state index is 13.0. The van der Waals surface area contributed by atoms with Crippen molar-refractivity contribution in [3.05, 3.63) is 101 Å². The molecule has 0 saturated carbocycles. The Morgan fingerprint density at radius 3 is 2.19 bits per heavy atom. The summed E-state index contributed by atoms with van der Waals surface area (Å²) in [6.45, 7) is 1.54. The topological polar surface area (TPSA) is 76.6 Å². The van der Waals surface area contributed by atoms with Crippen molar-refractivity contribution in [1.29, 1.82) is 0 Å². The second-order valence-electron chi connectivity index (χ2n) is 7.58. The van der Waals surface area contributed by atoms with E-state index in [1.165, 1.54) is 0 Å². The minimum atomic E-state index is -0.631. The zero-order valence-electron chi connectivity index (χ0n) is 17.2. The molecule has 0 aliphatic carbocycles. The Morgan fingerprint density at radius 2 is 1.50 bits per heavy atom. The van der Waals surface area contributed by atoms with Crippen LogP contribution in [0.15, 0.2) is 78.9 Å². The predicted octanol–water partition coefficient (Wildman–Crippen LogP) is 4.62. The van der Waals surface area contributed by atoms with Gasteiger partial charge in [0.05, 0.1) is 27.9 Å². The number of aromatic nitrogens is 1. The van der Waals surface area contributed by atoms with Crippen LogP contribution in [-0.2, 0) is 4.74 Å². The Morgan fingerprint density at radius 1 is 0.875 bits per heavy atom. The monoisotopic (exact) mass is 422 g/mol. The van der Waals surface area contributed by atoms with E-state index in [2.05, 4.69) is 4.98 Å². The van der Waals surface area contributed by atoms with Gasteiger partial charge in [-0.05, 0) is 31.2 Å². The van der Waals surface area contributed by atoms with E-state index in [1.54, 1.807) is 36.4 Å². The Kier molecular flexibility index (Phi) is 4.75. The number of para-hydroxylation sites is 1. The quantitative estimate of drug-likeness (QED) is 0.354. The molecule has 0 N–H and O–H groups in total. The lowest BCUT2D eigenvalue weighted by Gasteiger charge is -2.15. The van der Waals surface area contributed by atoms with Crippen LogP contribution in [0.25, 0.3) is 22.2 Å². The van der Waals surface area contributed by atoms with Gasteiger partial charge in [-0.1, -0.05) is 60.2 Å². The maximum absolute atomic E-state index is 13.0. The molecule has 0 fully saturated rings. The molecule has 6 heteroatoms. The number of carbonyl (C=O) groups is 3. The van der Waals surface area contributed by atoms with Gasteiger partial charge in [0.25, 0.3) is 11.8 Å². The highest BCUT2D eigenvalue weighted by Gasteiger charge is 2.36. The van der Waals surface area contributed by atoms with E-state index < -0.39 is 24.5 Å². The van der Waals surface area contributed by atoms with Gasteiger partial charge < -0.3 is 4.74 Å². The van der Waals surface area contributed by atoms with Crippen LogP contribution in [-0.4, -0.2) is 34.4 Å². The van der Waals surface area contributed by atoms with Crippen molar-refractivity contribution in [2.45, 2.75) is 6.92 Å². The van der Waals surface area contributed by atoms with E-state index in [1.807, 2.05) is 49.4 Å². The summed E-state index contributed by atoms with van der Waals surface area (Å²) in [4.78, 5) is 43.7. The molecule has 0 atom stereocenters. The van der Waals surface area contributed by atoms with Crippen molar-refractivity contribution >= 4 is 28.7 Å². The molecule has 3 aromatic carbocycles. The summed E-state index contributed by atoms with van der Waals surface area (Å²) in [5.74, 6) is -1.58. The van der Waals surface area contributed by atoms with E-state index in [9.17, 15) is 14.4 Å². The molecule has 32 heavy (non-hydrogen) atoms. The van der Waals surface area contributed by atoms with Gasteiger partial charge in [-0.3, -0.25) is 9.59 Å². The molecule has 156 valence electrons. The fourth-order valence-electron chi connectivity index (χ4n) is 3.77. The molecule has 1 aromatic heterocycles. The summed E-state index contributed by atoms with van der Waals surface area (Å²) < 4.78 is 5.42. The average Bonchev–Trinajstić information content (AvgIpc) is 3.07. The summed E-state index contributed by atoms with van der Waals surface area (Å²) >= 11 is 0. The minimum absolute atomic E-state index is 0.310. The highest BCUT2D eigenvalue weighted by Crippen LogP contribution is 2.27. The van der Waals surface area contributed by atoms with Crippen LogP contribution in [0.2, 0.25) is 0 Å². The average molecular weight is 422 g/mol. The zero-order chi connectivity index (χ0) is 22.2. The SMILES string of the molecule is Cc1ccc(-c2cc(C(=O)OCN3C(=O)c4ccccc4C3=O)c3ccccc3n2)cc1. The van der Waals surface area contributed by atoms with Gasteiger partial charge in [0.1, 0.15) is 0 Å². The summed E-state index contributed by atoms with van der Waals surface area (Å²) in [6.07, 6.45) is 0. The first kappa shape index (κ1) is 19.6. The lowest BCUT2D eigenvalue weighted by molar-refractivity contribution is 0.0229. The smallest absolute Gasteiger partial charge is 0.340 e. The van der Waals surface area contributed by atoms with Crippen LogP contribution in [0.3, 0.4) is 0 Å². The summed E-state index contributed by atoms with van der Waals surface area (Å²) in [6, 6.07) is 23.4. The largest absolute Gasteiger partial charge is 0.440 e. The highest BCUT2D eigenvalue weighted by atomic mass is 16.5. The minimum Gasteiger partial charge on any atom is -0.440 e. The number of imide groups is 1. The molecule has 2 amide bonds. The number of hydrogen-bond acceptors (Lipinski definition) is 5. The number of rotatable bonds is 4. The van der Waals surface area contributed by atoms with Crippen molar-refractivity contribution in [2.75, 3.05) is 6.73 Å². The molecule has 0 radical (unpaired) electrons. The molecule has 4 aromatic rings. The number of benzene rings is 3. The van der Waals surface area contributed by atoms with Crippen molar-refractivity contribution in [2.24, 2.45) is 0 Å². The third-order valence-corrected chi connectivity index (χ3v) is 5.49. The standard InChI is InChI=1S/C26H18N2O4/c1-16-10-12-17(13-11-16)23-14-21(18-6-4-5-9-22(18)27-23)26(31)32-15-28-24(29)19-7-2-3-8-20(19)25(28)30/h2-14H,15H2,1H3. The van der Waals surface area contributed by atoms with Gasteiger partial charge in [0.2, 0.25) is 0 Å². The van der Waals surface area contributed by atoms with Crippen LogP contribution >= 0.6 is 0 Å². The van der Waals surface area contributed by atoms with E-state index in [0.29, 0.717) is 33.3 Å². The Balaban J connectivity index is 1.45. The van der Waals surface area contributed by atoms with Crippen molar-refractivity contribution in [1.82, 2.24) is 9.88 Å². The molecule has 0 bridgehead atoms. The second kappa shape index (κ2) is 7.74.